The highest BCUT2D eigenvalue weighted by molar-refractivity contribution is 7.92. The summed E-state index contributed by atoms with van der Waals surface area (Å²) in [5, 5.41) is 2.58. The first-order valence-electron chi connectivity index (χ1n) is 5.48. The molecule has 1 amide bonds. The van der Waals surface area contributed by atoms with Gasteiger partial charge in [-0.3, -0.25) is 4.79 Å². The molecule has 0 bridgehead atoms. The smallest absolute Gasteiger partial charge is 0.245 e. The van der Waals surface area contributed by atoms with E-state index in [0.29, 0.717) is 12.2 Å². The van der Waals surface area contributed by atoms with Gasteiger partial charge in [0.15, 0.2) is 9.84 Å². The molecule has 0 heterocycles. The van der Waals surface area contributed by atoms with Crippen molar-refractivity contribution in [1.29, 1.82) is 0 Å². The van der Waals surface area contributed by atoms with Crippen LogP contribution in [0.5, 0.6) is 0 Å². The lowest BCUT2D eigenvalue weighted by molar-refractivity contribution is -0.117. The molecule has 18 heavy (non-hydrogen) atoms. The van der Waals surface area contributed by atoms with Crippen molar-refractivity contribution in [1.82, 2.24) is 0 Å². The number of hydrogen-bond acceptors (Lipinski definition) is 4. The summed E-state index contributed by atoms with van der Waals surface area (Å²) in [4.78, 5) is 11.9. The maximum Gasteiger partial charge on any atom is 0.245 e. The van der Waals surface area contributed by atoms with Gasteiger partial charge < -0.3 is 11.1 Å². The summed E-state index contributed by atoms with van der Waals surface area (Å²) in [6.07, 6.45) is 1.05. The monoisotopic (exact) mass is 270 g/mol. The summed E-state index contributed by atoms with van der Waals surface area (Å²) in [6.45, 7) is 3.18. The quantitative estimate of drug-likeness (QED) is 0.851. The number of nitrogens with one attached hydrogen (secondary N) is 1. The molecule has 0 saturated heterocycles. The molecule has 0 fully saturated rings. The second-order valence-electron chi connectivity index (χ2n) is 4.64. The van der Waals surface area contributed by atoms with Crippen LogP contribution in [-0.4, -0.2) is 25.3 Å². The minimum atomic E-state index is -3.47. The lowest BCUT2D eigenvalue weighted by atomic mass is 10.1. The summed E-state index contributed by atoms with van der Waals surface area (Å²) < 4.78 is 21.6. The molecule has 0 aliphatic rings. The van der Waals surface area contributed by atoms with Gasteiger partial charge in [-0.25, -0.2) is 8.42 Å². The molecule has 0 aliphatic carbocycles. The molecule has 3 N–H and O–H groups in total. The number of nitrogens with two attached hydrogens (primary N) is 1. The van der Waals surface area contributed by atoms with Crippen molar-refractivity contribution in [2.45, 2.75) is 25.1 Å². The molecule has 0 atom stereocenters. The Bertz CT molecular complexity index is 533. The van der Waals surface area contributed by atoms with E-state index in [0.717, 1.165) is 11.8 Å². The average molecular weight is 270 g/mol. The van der Waals surface area contributed by atoms with Crippen molar-refractivity contribution in [2.75, 3.05) is 11.6 Å². The van der Waals surface area contributed by atoms with E-state index in [1.54, 1.807) is 24.3 Å². The highest BCUT2D eigenvalue weighted by Gasteiger charge is 2.38. The van der Waals surface area contributed by atoms with Gasteiger partial charge in [0.2, 0.25) is 5.91 Å². The van der Waals surface area contributed by atoms with Gasteiger partial charge in [0.1, 0.15) is 4.75 Å². The molecular weight excluding hydrogens is 252 g/mol. The van der Waals surface area contributed by atoms with E-state index in [2.05, 4.69) is 5.32 Å². The van der Waals surface area contributed by atoms with Crippen LogP contribution >= 0.6 is 0 Å². The summed E-state index contributed by atoms with van der Waals surface area (Å²) in [5.41, 5.74) is 6.95. The zero-order chi connectivity index (χ0) is 14.0. The van der Waals surface area contributed by atoms with E-state index in [1.807, 2.05) is 0 Å². The predicted octanol–water partition coefficient (Wildman–Crippen LogP) is 0.907. The average Bonchev–Trinajstić information content (AvgIpc) is 2.28. The Morgan fingerprint density at radius 1 is 1.28 bits per heavy atom. The topological polar surface area (TPSA) is 89.3 Å². The van der Waals surface area contributed by atoms with E-state index in [1.165, 1.54) is 13.8 Å². The molecule has 100 valence electrons. The first-order valence-corrected chi connectivity index (χ1v) is 7.37. The number of sulfone groups is 1. The van der Waals surface area contributed by atoms with Gasteiger partial charge in [0, 0.05) is 18.5 Å². The van der Waals surface area contributed by atoms with E-state index in [-0.39, 0.29) is 0 Å². The molecule has 1 rings (SSSR count). The SMILES string of the molecule is CC(C)(C(=O)Nc1ccc(CN)cc1)S(C)(=O)=O. The Morgan fingerprint density at radius 3 is 2.17 bits per heavy atom. The first kappa shape index (κ1) is 14.7. The summed E-state index contributed by atoms with van der Waals surface area (Å²) in [7, 11) is -3.47. The molecule has 1 aromatic carbocycles. The highest BCUT2D eigenvalue weighted by Crippen LogP contribution is 2.18. The lowest BCUT2D eigenvalue weighted by Gasteiger charge is -2.21. The molecule has 5 nitrogen and oxygen atoms in total. The zero-order valence-electron chi connectivity index (χ0n) is 10.7. The van der Waals surface area contributed by atoms with Crippen LogP contribution in [0.25, 0.3) is 0 Å². The first-order chi connectivity index (χ1) is 8.18. The second-order valence-corrected chi connectivity index (χ2v) is 7.20. The third kappa shape index (κ3) is 3.08. The van der Waals surface area contributed by atoms with Crippen molar-refractivity contribution in [3.8, 4) is 0 Å². The van der Waals surface area contributed by atoms with E-state index >= 15 is 0 Å². The predicted molar refractivity (Wildman–Crippen MR) is 71.9 cm³/mol. The molecule has 6 heteroatoms. The number of benzene rings is 1. The molecular formula is C12H18N2O3S. The fourth-order valence-electron chi connectivity index (χ4n) is 1.17. The Labute approximate surface area is 107 Å². The van der Waals surface area contributed by atoms with Gasteiger partial charge in [-0.15, -0.1) is 0 Å². The summed E-state index contributed by atoms with van der Waals surface area (Å²) in [5.74, 6) is -0.550. The van der Waals surface area contributed by atoms with E-state index < -0.39 is 20.5 Å². The Hall–Kier alpha value is -1.40. The van der Waals surface area contributed by atoms with Gasteiger partial charge in [0.25, 0.3) is 0 Å². The van der Waals surface area contributed by atoms with Gasteiger partial charge >= 0.3 is 0 Å². The number of carbonyl (C=O) groups excluding carboxylic acids is 1. The summed E-state index contributed by atoms with van der Waals surface area (Å²) in [6, 6.07) is 6.95. The number of hydrogen-bond donors (Lipinski definition) is 2. The minimum Gasteiger partial charge on any atom is -0.326 e. The summed E-state index contributed by atoms with van der Waals surface area (Å²) >= 11 is 0. The normalized spacial score (nSPS) is 12.2. The molecule has 0 radical (unpaired) electrons. The van der Waals surface area contributed by atoms with Crippen molar-refractivity contribution < 1.29 is 13.2 Å². The van der Waals surface area contributed by atoms with Gasteiger partial charge in [-0.1, -0.05) is 12.1 Å². The maximum atomic E-state index is 11.9. The van der Waals surface area contributed by atoms with Gasteiger partial charge in [-0.05, 0) is 31.5 Å². The van der Waals surface area contributed by atoms with Crippen molar-refractivity contribution in [3.63, 3.8) is 0 Å². The van der Waals surface area contributed by atoms with Crippen LogP contribution in [0.1, 0.15) is 19.4 Å². The van der Waals surface area contributed by atoms with Crippen molar-refractivity contribution in [3.05, 3.63) is 29.8 Å². The Kier molecular flexibility index (Phi) is 4.13. The van der Waals surface area contributed by atoms with Crippen LogP contribution in [0.15, 0.2) is 24.3 Å². The maximum absolute atomic E-state index is 11.9. The van der Waals surface area contributed by atoms with Crippen LogP contribution in [0.2, 0.25) is 0 Å². The Morgan fingerprint density at radius 2 is 1.78 bits per heavy atom. The minimum absolute atomic E-state index is 0.420. The standard InChI is InChI=1S/C12H18N2O3S/c1-12(2,18(3,16)17)11(15)14-10-6-4-9(8-13)5-7-10/h4-7H,8,13H2,1-3H3,(H,14,15). The van der Waals surface area contributed by atoms with Crippen molar-refractivity contribution >= 4 is 21.4 Å². The number of amides is 1. The number of rotatable bonds is 4. The van der Waals surface area contributed by atoms with Crippen LogP contribution in [0.4, 0.5) is 5.69 Å². The third-order valence-corrected chi connectivity index (χ3v) is 4.96. The van der Waals surface area contributed by atoms with Crippen LogP contribution < -0.4 is 11.1 Å². The number of anilines is 1. The van der Waals surface area contributed by atoms with E-state index in [9.17, 15) is 13.2 Å². The van der Waals surface area contributed by atoms with Gasteiger partial charge in [0.05, 0.1) is 0 Å². The highest BCUT2D eigenvalue weighted by atomic mass is 32.2. The molecule has 0 spiro atoms. The largest absolute Gasteiger partial charge is 0.326 e. The molecule has 1 aromatic rings. The Balaban J connectivity index is 2.88. The number of carbonyl (C=O) groups is 1. The molecule has 0 unspecified atom stereocenters. The molecule has 0 aliphatic heterocycles. The fourth-order valence-corrected chi connectivity index (χ4v) is 1.56. The second kappa shape index (κ2) is 5.07. The molecule has 0 aromatic heterocycles. The van der Waals surface area contributed by atoms with Crippen LogP contribution in [0.3, 0.4) is 0 Å². The fraction of sp³-hybridized carbons (Fsp3) is 0.417. The zero-order valence-corrected chi connectivity index (χ0v) is 11.5. The third-order valence-electron chi connectivity index (χ3n) is 2.92. The van der Waals surface area contributed by atoms with E-state index in [4.69, 9.17) is 5.73 Å². The lowest BCUT2D eigenvalue weighted by Crippen LogP contribution is -2.43. The van der Waals surface area contributed by atoms with Crippen molar-refractivity contribution in [2.24, 2.45) is 5.73 Å². The molecule has 0 saturated carbocycles. The van der Waals surface area contributed by atoms with Crippen LogP contribution in [-0.2, 0) is 21.2 Å². The van der Waals surface area contributed by atoms with Crippen LogP contribution in [0, 0.1) is 0 Å². The van der Waals surface area contributed by atoms with Gasteiger partial charge in [-0.2, -0.15) is 0 Å².